The minimum absolute atomic E-state index is 0. The van der Waals surface area contributed by atoms with Gasteiger partial charge in [0.05, 0.1) is 5.52 Å². The van der Waals surface area contributed by atoms with E-state index in [4.69, 9.17) is 0 Å². The van der Waals surface area contributed by atoms with Gasteiger partial charge in [-0.3, -0.25) is 9.98 Å². The minimum Gasteiger partial charge on any atom is -0.870 e. The molecule has 0 amide bonds. The van der Waals surface area contributed by atoms with Crippen molar-refractivity contribution in [3.8, 4) is 5.75 Å². The Hall–Kier alpha value is -0.0165. The molecule has 0 bridgehead atoms. The number of fused-ring (bicyclic) bond motifs is 1. The third kappa shape index (κ3) is 18.8. The molecule has 37 heavy (non-hydrogen) atoms. The molecule has 0 fully saturated rings. The molecule has 0 atom stereocenters. The molecule has 0 unspecified atom stereocenters. The van der Waals surface area contributed by atoms with Crippen molar-refractivity contribution >= 4 is 69.6 Å². The molecule has 1 aromatic carbocycles. The van der Waals surface area contributed by atoms with Crippen molar-refractivity contribution in [2.24, 2.45) is 4.99 Å². The van der Waals surface area contributed by atoms with Gasteiger partial charge in [-0.1, -0.05) is 11.8 Å². The summed E-state index contributed by atoms with van der Waals surface area (Å²) >= 11 is 4.26. The molecule has 15 heteroatoms. The number of aliphatic imine (C=N–C) groups is 1. The molecular weight excluding hydrogens is 794 g/mol. The second-order valence-electron chi connectivity index (χ2n) is 9.14. The predicted molar refractivity (Wildman–Crippen MR) is 152 cm³/mol. The molecule has 2 aromatic rings. The number of benzene rings is 1. The molecule has 0 saturated heterocycles. The van der Waals surface area contributed by atoms with Crippen LogP contribution in [-0.4, -0.2) is 54.4 Å². The van der Waals surface area contributed by atoms with E-state index in [-0.39, 0.29) is 27.8 Å². The zero-order valence-electron chi connectivity index (χ0n) is 20.8. The van der Waals surface area contributed by atoms with Crippen LogP contribution in [-0.2, 0) is 16.5 Å². The van der Waals surface area contributed by atoms with E-state index in [0.717, 1.165) is 32.0 Å². The van der Waals surface area contributed by atoms with Gasteiger partial charge in [0.25, 0.3) is 0 Å². The Morgan fingerprint density at radius 3 is 2.22 bits per heavy atom. The fourth-order valence-corrected chi connectivity index (χ4v) is 5.31. The van der Waals surface area contributed by atoms with E-state index < -0.39 is 7.81 Å². The quantitative estimate of drug-likeness (QED) is 0.128. The second kappa shape index (κ2) is 14.1. The van der Waals surface area contributed by atoms with Crippen LogP contribution in [0.25, 0.3) is 10.9 Å². The van der Waals surface area contributed by atoms with Gasteiger partial charge in [0, 0.05) is 42.9 Å². The molecule has 3 rings (SSSR count). The Morgan fingerprint density at radius 2 is 1.62 bits per heavy atom. The standard InChI is InChI=1S/C13H27N3.C9H5I2NO.F6P.Ni/c1-12-11-13(2,3)15-8-6-10-16(4)9-5-7-14-12;10-6-4-7(11)9(13)8-5(6)2-1-3-12-8;1-7(2,3,4,5)6;/h15H,5-11H2,1-4H3;1-4,13H;;/q;;-1;+2/p-1. The van der Waals surface area contributed by atoms with Crippen LogP contribution in [0.3, 0.4) is 0 Å². The van der Waals surface area contributed by atoms with E-state index in [1.807, 2.05) is 40.8 Å². The Kier molecular flexibility index (Phi) is 14.0. The maximum atomic E-state index is 11.6. The topological polar surface area (TPSA) is 63.6 Å². The molecule has 0 spiro atoms. The van der Waals surface area contributed by atoms with Gasteiger partial charge in [-0.2, -0.15) is 0 Å². The fourth-order valence-electron chi connectivity index (χ4n) is 3.40. The number of nitrogens with one attached hydrogen (secondary N) is 1. The van der Waals surface area contributed by atoms with Crippen LogP contribution in [0, 0.1) is 7.14 Å². The van der Waals surface area contributed by atoms with Gasteiger partial charge in [-0.05, 0) is 118 Å². The molecule has 1 N–H and O–H groups in total. The second-order valence-corrected chi connectivity index (χ2v) is 13.4. The number of pyridine rings is 1. The van der Waals surface area contributed by atoms with Crippen LogP contribution >= 0.6 is 53.0 Å². The van der Waals surface area contributed by atoms with E-state index in [2.05, 4.69) is 70.6 Å². The average molecular weight is 825 g/mol. The number of hydrogen-bond donors (Lipinski definition) is 1. The van der Waals surface area contributed by atoms with Crippen LogP contribution < -0.4 is 10.4 Å². The van der Waals surface area contributed by atoms with Crippen LogP contribution in [0.1, 0.15) is 40.0 Å². The first kappa shape index (κ1) is 37.0. The maximum absolute atomic E-state index is 11.6. The third-order valence-electron chi connectivity index (χ3n) is 4.85. The van der Waals surface area contributed by atoms with Crippen LogP contribution in [0.5, 0.6) is 5.75 Å². The first-order valence-corrected chi connectivity index (χ1v) is 15.2. The predicted octanol–water partition coefficient (Wildman–Crippen LogP) is 7.83. The van der Waals surface area contributed by atoms with Crippen molar-refractivity contribution in [3.63, 3.8) is 0 Å². The third-order valence-corrected chi connectivity index (χ3v) is 6.54. The van der Waals surface area contributed by atoms with Crippen LogP contribution in [0.4, 0.5) is 25.2 Å². The molecule has 5 nitrogen and oxygen atoms in total. The average Bonchev–Trinajstić information content (AvgIpc) is 2.70. The minimum atomic E-state index is -10.7. The molecule has 216 valence electrons. The summed E-state index contributed by atoms with van der Waals surface area (Å²) in [5.41, 5.74) is 2.03. The van der Waals surface area contributed by atoms with E-state index in [0.29, 0.717) is 5.52 Å². The molecular formula is C22H31F6I2N4NiOP. The molecule has 0 aliphatic carbocycles. The number of rotatable bonds is 0. The van der Waals surface area contributed by atoms with Gasteiger partial charge in [0.2, 0.25) is 0 Å². The molecule has 1 aliphatic heterocycles. The van der Waals surface area contributed by atoms with Crippen LogP contribution in [0.2, 0.25) is 0 Å². The van der Waals surface area contributed by atoms with Gasteiger partial charge >= 0.3 is 49.5 Å². The van der Waals surface area contributed by atoms with Crippen LogP contribution in [0.15, 0.2) is 29.4 Å². The van der Waals surface area contributed by atoms with Gasteiger partial charge in [-0.25, -0.2) is 0 Å². The summed E-state index contributed by atoms with van der Waals surface area (Å²) in [5.74, 6) is 0.0246. The van der Waals surface area contributed by atoms with Crippen molar-refractivity contribution in [1.82, 2.24) is 15.2 Å². The first-order chi connectivity index (χ1) is 16.1. The Labute approximate surface area is 251 Å². The Bertz CT molecular complexity index is 1050. The first-order valence-electron chi connectivity index (χ1n) is 11.0. The molecule has 1 aromatic heterocycles. The monoisotopic (exact) mass is 824 g/mol. The number of aromatic nitrogens is 1. The van der Waals surface area contributed by atoms with Gasteiger partial charge < -0.3 is 15.3 Å². The smallest absolute Gasteiger partial charge is 0.870 e. The fraction of sp³-hybridized carbons (Fsp3) is 0.545. The summed E-state index contributed by atoms with van der Waals surface area (Å²) in [6, 6.07) is 5.64. The zero-order valence-corrected chi connectivity index (χ0v) is 27.0. The molecule has 0 radical (unpaired) electrons. The van der Waals surface area contributed by atoms with E-state index in [1.165, 1.54) is 31.6 Å². The van der Waals surface area contributed by atoms with E-state index in [9.17, 15) is 30.3 Å². The number of nitrogens with zero attached hydrogens (tertiary/aromatic N) is 3. The number of hydrogen-bond acceptors (Lipinski definition) is 5. The van der Waals surface area contributed by atoms with Gasteiger partial charge in [-0.15, -0.1) is 0 Å². The Morgan fingerprint density at radius 1 is 1.05 bits per heavy atom. The summed E-state index contributed by atoms with van der Waals surface area (Å²) in [6.07, 6.45) is 5.12. The van der Waals surface area contributed by atoms with Crippen molar-refractivity contribution in [1.29, 1.82) is 0 Å². The maximum Gasteiger partial charge on any atom is 2.00 e. The molecule has 0 saturated carbocycles. The normalized spacial score (nSPS) is 19.1. The summed E-state index contributed by atoms with van der Waals surface area (Å²) < 4.78 is 61.0. The summed E-state index contributed by atoms with van der Waals surface area (Å²) in [6.45, 7) is 11.1. The van der Waals surface area contributed by atoms with Crippen molar-refractivity contribution in [2.75, 3.05) is 33.2 Å². The van der Waals surface area contributed by atoms with Gasteiger partial charge in [0.15, 0.2) is 0 Å². The van der Waals surface area contributed by atoms with Crippen molar-refractivity contribution in [3.05, 3.63) is 31.5 Å². The van der Waals surface area contributed by atoms with E-state index in [1.54, 1.807) is 6.20 Å². The van der Waals surface area contributed by atoms with E-state index >= 15 is 0 Å². The largest absolute Gasteiger partial charge is 2.00 e. The summed E-state index contributed by atoms with van der Waals surface area (Å²) in [7, 11) is -8.46. The molecule has 2 heterocycles. The zero-order chi connectivity index (χ0) is 27.8. The number of halogens is 8. The molecule has 1 aliphatic rings. The van der Waals surface area contributed by atoms with Crippen molar-refractivity contribution in [2.45, 2.75) is 45.6 Å². The summed E-state index contributed by atoms with van der Waals surface area (Å²) in [5, 5.41) is 16.2. The SMILES string of the molecule is CC1=NCCCN(C)CCCNC(C)(C)C1.F[P-](F)(F)(F)(F)F.[Ni+2].[O-]c1c(I)cc(I)c2cccnc12. The van der Waals surface area contributed by atoms with Gasteiger partial charge in [0.1, 0.15) is 0 Å². The van der Waals surface area contributed by atoms with Crippen molar-refractivity contribution < 1.29 is 46.8 Å². The summed E-state index contributed by atoms with van der Waals surface area (Å²) in [4.78, 5) is 11.1. The Balaban J connectivity index is 0.000000556.